The van der Waals surface area contributed by atoms with Crippen LogP contribution in [0.3, 0.4) is 0 Å². The van der Waals surface area contributed by atoms with E-state index in [0.717, 1.165) is 21.9 Å². The Balaban J connectivity index is 1.72. The maximum atomic E-state index is 12.1. The third-order valence-corrected chi connectivity index (χ3v) is 4.88. The minimum absolute atomic E-state index is 0.0751. The first-order valence-corrected chi connectivity index (χ1v) is 8.41. The van der Waals surface area contributed by atoms with Gasteiger partial charge in [-0.3, -0.25) is 5.11 Å². The Morgan fingerprint density at radius 1 is 0.440 bits per heavy atom. The van der Waals surface area contributed by atoms with Gasteiger partial charge in [0.2, 0.25) is 0 Å². The Morgan fingerprint density at radius 2 is 1.04 bits per heavy atom. The van der Waals surface area contributed by atoms with E-state index in [1.54, 1.807) is 6.07 Å². The van der Waals surface area contributed by atoms with Crippen LogP contribution in [0.4, 0.5) is 0 Å². The van der Waals surface area contributed by atoms with Crippen molar-refractivity contribution in [2.75, 3.05) is 0 Å². The summed E-state index contributed by atoms with van der Waals surface area (Å²) in [4.78, 5) is 0. The summed E-state index contributed by atoms with van der Waals surface area (Å²) in [5, 5.41) is 18.8. The largest absolute Gasteiger partial charge is 0.289 e. The zero-order valence-electron chi connectivity index (χ0n) is 13.6. The molecule has 117 valence electrons. The van der Waals surface area contributed by atoms with Crippen LogP contribution in [0.25, 0.3) is 43.4 Å². The first-order chi connectivity index (χ1) is 12.3. The zero-order valence-corrected chi connectivity index (χ0v) is 13.6. The fourth-order valence-electron chi connectivity index (χ4n) is 3.54. The van der Waals surface area contributed by atoms with E-state index in [9.17, 15) is 5.11 Å². The highest BCUT2D eigenvalue weighted by molar-refractivity contribution is 6.00. The van der Waals surface area contributed by atoms with Crippen molar-refractivity contribution in [2.45, 2.75) is 0 Å². The van der Waals surface area contributed by atoms with Crippen molar-refractivity contribution in [1.29, 1.82) is 0 Å². The maximum Gasteiger partial charge on any atom is 0.186 e. The predicted molar refractivity (Wildman–Crippen MR) is 105 cm³/mol. The van der Waals surface area contributed by atoms with E-state index in [1.807, 2.05) is 24.3 Å². The van der Waals surface area contributed by atoms with Crippen LogP contribution in [0.5, 0.6) is 5.75 Å². The van der Waals surface area contributed by atoms with E-state index < -0.39 is 0 Å². The van der Waals surface area contributed by atoms with Gasteiger partial charge in [-0.05, 0) is 68.4 Å². The third-order valence-electron chi connectivity index (χ3n) is 4.88. The lowest BCUT2D eigenvalue weighted by molar-refractivity contribution is 0.360. The summed E-state index contributed by atoms with van der Waals surface area (Å²) in [5.74, 6) is 0.0751. The SMILES string of the molecule is [O]c1cccc2ccc(-c3ccc4cc5ccccc5cc4c3)cc12. The first-order valence-electron chi connectivity index (χ1n) is 8.41. The van der Waals surface area contributed by atoms with Gasteiger partial charge in [0.05, 0.1) is 0 Å². The molecule has 0 unspecified atom stereocenters. The fourth-order valence-corrected chi connectivity index (χ4v) is 3.54. The molecule has 0 saturated carbocycles. The molecule has 0 saturated heterocycles. The summed E-state index contributed by atoms with van der Waals surface area (Å²) in [6.07, 6.45) is 0. The Labute approximate surface area is 145 Å². The van der Waals surface area contributed by atoms with Crippen LogP contribution in [-0.4, -0.2) is 0 Å². The number of benzene rings is 5. The smallest absolute Gasteiger partial charge is 0.186 e. The highest BCUT2D eigenvalue weighted by Gasteiger charge is 2.06. The van der Waals surface area contributed by atoms with Gasteiger partial charge in [-0.1, -0.05) is 60.7 Å². The van der Waals surface area contributed by atoms with E-state index >= 15 is 0 Å². The van der Waals surface area contributed by atoms with Gasteiger partial charge >= 0.3 is 0 Å². The van der Waals surface area contributed by atoms with Gasteiger partial charge in [0.25, 0.3) is 0 Å². The van der Waals surface area contributed by atoms with Crippen molar-refractivity contribution in [1.82, 2.24) is 0 Å². The molecule has 0 aliphatic heterocycles. The molecule has 0 fully saturated rings. The molecule has 5 rings (SSSR count). The topological polar surface area (TPSA) is 19.9 Å². The Bertz CT molecular complexity index is 1250. The molecule has 0 N–H and O–H groups in total. The molecule has 0 spiro atoms. The van der Waals surface area contributed by atoms with Crippen LogP contribution in [0.15, 0.2) is 91.0 Å². The molecule has 1 radical (unpaired) electrons. The van der Waals surface area contributed by atoms with Gasteiger partial charge in [0.1, 0.15) is 0 Å². The average Bonchev–Trinajstić information content (AvgIpc) is 2.66. The predicted octanol–water partition coefficient (Wildman–Crippen LogP) is 6.96. The van der Waals surface area contributed by atoms with Gasteiger partial charge in [-0.15, -0.1) is 0 Å². The molecular weight excluding hydrogens is 304 g/mol. The standard InChI is InChI=1S/C24H15O/c25-24-7-3-6-16-8-9-21(15-23(16)24)19-10-11-20-12-17-4-1-2-5-18(17)13-22(20)14-19/h1-15H. The summed E-state index contributed by atoms with van der Waals surface area (Å²) in [7, 11) is 0. The van der Waals surface area contributed by atoms with Crippen LogP contribution in [-0.2, 0) is 5.11 Å². The molecule has 0 aromatic heterocycles. The minimum Gasteiger partial charge on any atom is -0.289 e. The quantitative estimate of drug-likeness (QED) is 0.298. The highest BCUT2D eigenvalue weighted by atomic mass is 16.3. The third kappa shape index (κ3) is 2.33. The fraction of sp³-hybridized carbons (Fsp3) is 0. The lowest BCUT2D eigenvalue weighted by Crippen LogP contribution is -1.82. The summed E-state index contributed by atoms with van der Waals surface area (Å²) in [6.45, 7) is 0. The van der Waals surface area contributed by atoms with Gasteiger partial charge in [0, 0.05) is 5.39 Å². The van der Waals surface area contributed by atoms with E-state index in [1.165, 1.54) is 21.5 Å². The molecule has 0 heterocycles. The molecule has 0 aliphatic carbocycles. The van der Waals surface area contributed by atoms with Crippen molar-refractivity contribution in [2.24, 2.45) is 0 Å². The second-order valence-electron chi connectivity index (χ2n) is 6.45. The van der Waals surface area contributed by atoms with Crippen molar-refractivity contribution in [3.63, 3.8) is 0 Å². The van der Waals surface area contributed by atoms with E-state index in [4.69, 9.17) is 0 Å². The van der Waals surface area contributed by atoms with E-state index in [0.29, 0.717) is 0 Å². The van der Waals surface area contributed by atoms with E-state index in [-0.39, 0.29) is 5.75 Å². The summed E-state index contributed by atoms with van der Waals surface area (Å²) < 4.78 is 0. The molecule has 1 heteroatoms. The summed E-state index contributed by atoms with van der Waals surface area (Å²) in [6, 6.07) is 30.9. The number of hydrogen-bond donors (Lipinski definition) is 0. The Hall–Kier alpha value is -3.32. The lowest BCUT2D eigenvalue weighted by Gasteiger charge is -2.08. The minimum atomic E-state index is 0.0751. The van der Waals surface area contributed by atoms with Crippen LogP contribution >= 0.6 is 0 Å². The van der Waals surface area contributed by atoms with Crippen molar-refractivity contribution >= 4 is 32.3 Å². The molecule has 5 aromatic rings. The molecule has 0 bridgehead atoms. The summed E-state index contributed by atoms with van der Waals surface area (Å²) in [5.41, 5.74) is 2.21. The van der Waals surface area contributed by atoms with Crippen LogP contribution in [0.1, 0.15) is 0 Å². The Kier molecular flexibility index (Phi) is 3.01. The molecule has 5 aromatic carbocycles. The zero-order chi connectivity index (χ0) is 16.8. The Morgan fingerprint density at radius 3 is 1.84 bits per heavy atom. The van der Waals surface area contributed by atoms with Gasteiger partial charge in [-0.25, -0.2) is 0 Å². The molecule has 1 nitrogen and oxygen atoms in total. The van der Waals surface area contributed by atoms with Gasteiger partial charge in [0.15, 0.2) is 5.75 Å². The van der Waals surface area contributed by atoms with Crippen molar-refractivity contribution in [3.8, 4) is 16.9 Å². The van der Waals surface area contributed by atoms with Crippen LogP contribution < -0.4 is 0 Å². The van der Waals surface area contributed by atoms with Crippen molar-refractivity contribution < 1.29 is 5.11 Å². The molecule has 0 aliphatic rings. The maximum absolute atomic E-state index is 12.1. The van der Waals surface area contributed by atoms with Crippen LogP contribution in [0.2, 0.25) is 0 Å². The summed E-state index contributed by atoms with van der Waals surface area (Å²) >= 11 is 0. The highest BCUT2D eigenvalue weighted by Crippen LogP contribution is 2.32. The molecule has 0 atom stereocenters. The average molecular weight is 319 g/mol. The van der Waals surface area contributed by atoms with Crippen LogP contribution in [0, 0.1) is 0 Å². The first kappa shape index (κ1) is 14.1. The number of rotatable bonds is 1. The molecular formula is C24H15O. The lowest BCUT2D eigenvalue weighted by atomic mass is 9.97. The molecule has 25 heavy (non-hydrogen) atoms. The number of hydrogen-bond acceptors (Lipinski definition) is 0. The second-order valence-corrected chi connectivity index (χ2v) is 6.45. The monoisotopic (exact) mass is 319 g/mol. The van der Waals surface area contributed by atoms with Gasteiger partial charge < -0.3 is 0 Å². The van der Waals surface area contributed by atoms with Crippen molar-refractivity contribution in [3.05, 3.63) is 91.0 Å². The van der Waals surface area contributed by atoms with Gasteiger partial charge in [-0.2, -0.15) is 0 Å². The van der Waals surface area contributed by atoms with E-state index in [2.05, 4.69) is 60.7 Å². The molecule has 0 amide bonds. The second kappa shape index (κ2) is 5.35. The number of fused-ring (bicyclic) bond motifs is 3. The normalized spacial score (nSPS) is 11.4.